The van der Waals surface area contributed by atoms with E-state index in [0.29, 0.717) is 11.4 Å². The number of ether oxygens (including phenoxy) is 1. The van der Waals surface area contributed by atoms with Crippen LogP contribution in [0.25, 0.3) is 0 Å². The normalized spacial score (nSPS) is 14.7. The van der Waals surface area contributed by atoms with Gasteiger partial charge in [-0.2, -0.15) is 0 Å². The first kappa shape index (κ1) is 19.2. The van der Waals surface area contributed by atoms with E-state index in [4.69, 9.17) is 4.74 Å². The number of benzene rings is 2. The molecule has 3 rings (SSSR count). The van der Waals surface area contributed by atoms with Crippen molar-refractivity contribution in [2.45, 2.75) is 43.6 Å². The summed E-state index contributed by atoms with van der Waals surface area (Å²) >= 11 is 0. The van der Waals surface area contributed by atoms with E-state index in [1.807, 2.05) is 0 Å². The molecule has 0 aromatic heterocycles. The van der Waals surface area contributed by atoms with Crippen molar-refractivity contribution in [2.75, 3.05) is 10.0 Å². The molecule has 6 nitrogen and oxygen atoms in total. The largest absolute Gasteiger partial charge is 0.487 e. The van der Waals surface area contributed by atoms with Crippen LogP contribution in [0.5, 0.6) is 5.75 Å². The van der Waals surface area contributed by atoms with E-state index in [9.17, 15) is 17.6 Å². The van der Waals surface area contributed by atoms with Gasteiger partial charge in [0.25, 0.3) is 10.0 Å². The van der Waals surface area contributed by atoms with Crippen LogP contribution in [0, 0.1) is 5.82 Å². The Morgan fingerprint density at radius 1 is 1.07 bits per heavy atom. The molecular weight excluding hydrogens is 371 g/mol. The highest BCUT2D eigenvalue weighted by Gasteiger charge is 2.21. The van der Waals surface area contributed by atoms with Gasteiger partial charge < -0.3 is 10.1 Å². The van der Waals surface area contributed by atoms with Crippen molar-refractivity contribution in [3.63, 3.8) is 0 Å². The second-order valence-electron chi connectivity index (χ2n) is 6.48. The number of halogens is 1. The number of sulfonamides is 1. The lowest BCUT2D eigenvalue weighted by Gasteiger charge is -2.14. The summed E-state index contributed by atoms with van der Waals surface area (Å²) in [5.41, 5.74) is 0.848. The van der Waals surface area contributed by atoms with Crippen molar-refractivity contribution in [2.24, 2.45) is 0 Å². The molecule has 0 spiro atoms. The standard InChI is InChI=1S/C19H21FN2O4S/c1-13(23)21-14-6-8-15(9-7-14)22-27(24,25)17-10-11-19(18(20)12-17)26-16-4-2-3-5-16/h6-12,16,22H,2-5H2,1H3,(H,21,23). The van der Waals surface area contributed by atoms with E-state index in [2.05, 4.69) is 10.0 Å². The summed E-state index contributed by atoms with van der Waals surface area (Å²) < 4.78 is 47.3. The Kier molecular flexibility index (Phi) is 5.65. The molecule has 2 N–H and O–H groups in total. The van der Waals surface area contributed by atoms with Crippen molar-refractivity contribution in [3.8, 4) is 5.75 Å². The smallest absolute Gasteiger partial charge is 0.262 e. The molecule has 2 aromatic rings. The van der Waals surface area contributed by atoms with Gasteiger partial charge >= 0.3 is 0 Å². The Morgan fingerprint density at radius 3 is 2.30 bits per heavy atom. The molecule has 0 radical (unpaired) electrons. The van der Waals surface area contributed by atoms with Crippen molar-refractivity contribution in [1.82, 2.24) is 0 Å². The lowest BCUT2D eigenvalue weighted by atomic mass is 10.3. The van der Waals surface area contributed by atoms with Gasteiger partial charge in [0.05, 0.1) is 11.0 Å². The zero-order valence-corrected chi connectivity index (χ0v) is 15.7. The summed E-state index contributed by atoms with van der Waals surface area (Å²) in [5.74, 6) is -0.856. The van der Waals surface area contributed by atoms with Gasteiger partial charge in [-0.25, -0.2) is 12.8 Å². The SMILES string of the molecule is CC(=O)Nc1ccc(NS(=O)(=O)c2ccc(OC3CCCC3)c(F)c2)cc1. The van der Waals surface area contributed by atoms with Crippen LogP contribution < -0.4 is 14.8 Å². The molecule has 144 valence electrons. The van der Waals surface area contributed by atoms with Crippen LogP contribution in [0.15, 0.2) is 47.4 Å². The Labute approximate surface area is 157 Å². The highest BCUT2D eigenvalue weighted by atomic mass is 32.2. The molecule has 1 aliphatic rings. The number of amides is 1. The maximum absolute atomic E-state index is 14.3. The highest BCUT2D eigenvalue weighted by Crippen LogP contribution is 2.28. The van der Waals surface area contributed by atoms with Gasteiger partial charge in [-0.3, -0.25) is 9.52 Å². The number of carbonyl (C=O) groups is 1. The predicted octanol–water partition coefficient (Wildman–Crippen LogP) is 3.91. The third-order valence-corrected chi connectivity index (χ3v) is 5.65. The number of hydrogen-bond donors (Lipinski definition) is 2. The maximum atomic E-state index is 14.3. The van der Waals surface area contributed by atoms with Gasteiger partial charge in [-0.1, -0.05) is 0 Å². The van der Waals surface area contributed by atoms with E-state index < -0.39 is 15.8 Å². The number of hydrogen-bond acceptors (Lipinski definition) is 4. The van der Waals surface area contributed by atoms with Crippen LogP contribution in [0.4, 0.5) is 15.8 Å². The zero-order chi connectivity index (χ0) is 19.4. The van der Waals surface area contributed by atoms with Crippen LogP contribution in [-0.4, -0.2) is 20.4 Å². The average Bonchev–Trinajstić information content (AvgIpc) is 3.11. The molecule has 0 unspecified atom stereocenters. The summed E-state index contributed by atoms with van der Waals surface area (Å²) in [6.45, 7) is 1.38. The molecule has 2 aromatic carbocycles. The molecule has 8 heteroatoms. The van der Waals surface area contributed by atoms with Crippen molar-refractivity contribution in [1.29, 1.82) is 0 Å². The maximum Gasteiger partial charge on any atom is 0.262 e. The Hall–Kier alpha value is -2.61. The number of carbonyl (C=O) groups excluding carboxylic acids is 1. The Bertz CT molecular complexity index is 923. The molecule has 0 heterocycles. The van der Waals surface area contributed by atoms with Gasteiger partial charge in [-0.05, 0) is 68.1 Å². The zero-order valence-electron chi connectivity index (χ0n) is 14.9. The van der Waals surface area contributed by atoms with Crippen LogP contribution in [0.3, 0.4) is 0 Å². The third-order valence-electron chi connectivity index (χ3n) is 4.27. The van der Waals surface area contributed by atoms with E-state index in [-0.39, 0.29) is 22.7 Å². The second-order valence-corrected chi connectivity index (χ2v) is 8.16. The lowest BCUT2D eigenvalue weighted by molar-refractivity contribution is -0.114. The van der Waals surface area contributed by atoms with Crippen LogP contribution in [-0.2, 0) is 14.8 Å². The summed E-state index contributed by atoms with van der Waals surface area (Å²) in [6.07, 6.45) is 3.87. The Balaban J connectivity index is 1.72. The van der Waals surface area contributed by atoms with Crippen LogP contribution >= 0.6 is 0 Å². The molecule has 1 amide bonds. The number of rotatable bonds is 6. The third kappa shape index (κ3) is 4.97. The Morgan fingerprint density at radius 2 is 1.70 bits per heavy atom. The van der Waals surface area contributed by atoms with E-state index >= 15 is 0 Å². The molecule has 0 saturated heterocycles. The van der Waals surface area contributed by atoms with E-state index in [1.54, 1.807) is 12.1 Å². The second kappa shape index (κ2) is 7.96. The number of nitrogens with one attached hydrogen (secondary N) is 2. The molecule has 0 atom stereocenters. The molecule has 1 aliphatic carbocycles. The van der Waals surface area contributed by atoms with Gasteiger partial charge in [0.1, 0.15) is 0 Å². The first-order valence-electron chi connectivity index (χ1n) is 8.70. The minimum absolute atomic E-state index is 0.0118. The predicted molar refractivity (Wildman–Crippen MR) is 101 cm³/mol. The highest BCUT2D eigenvalue weighted by molar-refractivity contribution is 7.92. The fourth-order valence-electron chi connectivity index (χ4n) is 2.97. The van der Waals surface area contributed by atoms with Gasteiger partial charge in [0.15, 0.2) is 11.6 Å². The van der Waals surface area contributed by atoms with Crippen LogP contribution in [0.1, 0.15) is 32.6 Å². The number of anilines is 2. The molecule has 1 saturated carbocycles. The molecular formula is C19H21FN2O4S. The van der Waals surface area contributed by atoms with Crippen molar-refractivity contribution < 1.29 is 22.3 Å². The van der Waals surface area contributed by atoms with Crippen molar-refractivity contribution in [3.05, 3.63) is 48.3 Å². The molecule has 27 heavy (non-hydrogen) atoms. The summed E-state index contributed by atoms with van der Waals surface area (Å²) in [5, 5.41) is 2.59. The first-order chi connectivity index (χ1) is 12.8. The fourth-order valence-corrected chi connectivity index (χ4v) is 4.04. The average molecular weight is 392 g/mol. The minimum atomic E-state index is -3.95. The molecule has 1 fully saturated rings. The van der Waals surface area contributed by atoms with Gasteiger partial charge in [0, 0.05) is 18.3 Å². The summed E-state index contributed by atoms with van der Waals surface area (Å²) in [7, 11) is -3.95. The minimum Gasteiger partial charge on any atom is -0.487 e. The summed E-state index contributed by atoms with van der Waals surface area (Å²) in [4.78, 5) is 10.8. The van der Waals surface area contributed by atoms with Crippen molar-refractivity contribution >= 4 is 27.3 Å². The quantitative estimate of drug-likeness (QED) is 0.781. The summed E-state index contributed by atoms with van der Waals surface area (Å²) in [6, 6.07) is 9.78. The van der Waals surface area contributed by atoms with Gasteiger partial charge in [0.2, 0.25) is 5.91 Å². The van der Waals surface area contributed by atoms with Gasteiger partial charge in [-0.15, -0.1) is 0 Å². The molecule has 0 aliphatic heterocycles. The first-order valence-corrected chi connectivity index (χ1v) is 10.2. The van der Waals surface area contributed by atoms with E-state index in [1.165, 1.54) is 31.2 Å². The molecule has 0 bridgehead atoms. The van der Waals surface area contributed by atoms with E-state index in [0.717, 1.165) is 31.7 Å². The van der Waals surface area contributed by atoms with Crippen LogP contribution in [0.2, 0.25) is 0 Å². The fraction of sp³-hybridized carbons (Fsp3) is 0.316. The lowest BCUT2D eigenvalue weighted by Crippen LogP contribution is -2.15. The topological polar surface area (TPSA) is 84.5 Å². The monoisotopic (exact) mass is 392 g/mol.